The lowest BCUT2D eigenvalue weighted by atomic mass is 10.1. The van der Waals surface area contributed by atoms with Gasteiger partial charge in [-0.2, -0.15) is 0 Å². The second-order valence-electron chi connectivity index (χ2n) is 10.7. The van der Waals surface area contributed by atoms with Crippen LogP contribution in [0.5, 0.6) is 11.5 Å². The van der Waals surface area contributed by atoms with Gasteiger partial charge in [0.05, 0.1) is 12.0 Å². The molecule has 2 heterocycles. The number of benzene rings is 1. The second-order valence-corrected chi connectivity index (χ2v) is 15.2. The Balaban J connectivity index is 1.63. The number of aromatic nitrogens is 2. The fourth-order valence-corrected chi connectivity index (χ4v) is 4.05. The Bertz CT molecular complexity index is 1210. The van der Waals surface area contributed by atoms with Gasteiger partial charge in [0, 0.05) is 24.6 Å². The SMILES string of the molecule is CC(C)(C)OC(=O)N[C@@H](Cc1ccc(Oc2ccnc3c2ccn3COCCS(C)(C)C)cc1)C(=O)O. The molecule has 2 aromatic heterocycles. The van der Waals surface area contributed by atoms with E-state index in [-0.39, 0.29) is 6.42 Å². The fraction of sp³-hybridized carbons (Fsp3) is 0.444. The van der Waals surface area contributed by atoms with Crippen molar-refractivity contribution in [3.8, 4) is 11.5 Å². The van der Waals surface area contributed by atoms with E-state index in [1.54, 1.807) is 57.3 Å². The predicted octanol–water partition coefficient (Wildman–Crippen LogP) is 5.02. The quantitative estimate of drug-likeness (QED) is 0.334. The summed E-state index contributed by atoms with van der Waals surface area (Å²) in [5.74, 6) is 1.17. The molecule has 2 N–H and O–H groups in total. The van der Waals surface area contributed by atoms with E-state index in [2.05, 4.69) is 29.1 Å². The van der Waals surface area contributed by atoms with Crippen molar-refractivity contribution in [2.75, 3.05) is 31.1 Å². The molecule has 10 heteroatoms. The maximum Gasteiger partial charge on any atom is 0.408 e. The van der Waals surface area contributed by atoms with Crippen LogP contribution in [0.2, 0.25) is 0 Å². The molecule has 0 spiro atoms. The first kappa shape index (κ1) is 28.3. The number of carboxylic acids is 1. The molecule has 1 atom stereocenters. The highest BCUT2D eigenvalue weighted by atomic mass is 32.3. The summed E-state index contributed by atoms with van der Waals surface area (Å²) in [7, 11) is -0.598. The van der Waals surface area contributed by atoms with E-state index in [1.807, 2.05) is 16.8 Å². The van der Waals surface area contributed by atoms with Crippen LogP contribution in [-0.4, -0.2) is 69.5 Å². The molecule has 0 fully saturated rings. The zero-order chi connectivity index (χ0) is 27.2. The number of nitrogens with one attached hydrogen (secondary N) is 1. The predicted molar refractivity (Wildman–Crippen MR) is 147 cm³/mol. The molecule has 0 bridgehead atoms. The molecule has 1 aromatic carbocycles. The zero-order valence-corrected chi connectivity index (χ0v) is 23.1. The van der Waals surface area contributed by atoms with Crippen molar-refractivity contribution in [2.24, 2.45) is 0 Å². The lowest BCUT2D eigenvalue weighted by Crippen LogP contribution is -2.44. The Morgan fingerprint density at radius 3 is 2.43 bits per heavy atom. The number of pyridine rings is 1. The van der Waals surface area contributed by atoms with Gasteiger partial charge in [-0.1, -0.05) is 12.1 Å². The van der Waals surface area contributed by atoms with E-state index in [0.717, 1.165) is 22.3 Å². The van der Waals surface area contributed by atoms with Gasteiger partial charge in [-0.25, -0.2) is 24.6 Å². The maximum absolute atomic E-state index is 12.0. The largest absolute Gasteiger partial charge is 0.480 e. The summed E-state index contributed by atoms with van der Waals surface area (Å²) in [5, 5.41) is 12.8. The van der Waals surface area contributed by atoms with Crippen LogP contribution in [0.15, 0.2) is 48.8 Å². The highest BCUT2D eigenvalue weighted by Crippen LogP contribution is 2.34. The monoisotopic (exact) mass is 531 g/mol. The molecule has 1 amide bonds. The summed E-state index contributed by atoms with van der Waals surface area (Å²) in [6, 6.07) is 9.71. The Labute approximate surface area is 219 Å². The first-order valence-electron chi connectivity index (χ1n) is 12.0. The van der Waals surface area contributed by atoms with Crippen LogP contribution in [-0.2, 0) is 27.4 Å². The van der Waals surface area contributed by atoms with Gasteiger partial charge in [0.15, 0.2) is 0 Å². The Hall–Kier alpha value is -3.24. The third-order valence-corrected chi connectivity index (χ3v) is 6.66. The Morgan fingerprint density at radius 1 is 1.11 bits per heavy atom. The minimum Gasteiger partial charge on any atom is -0.480 e. The molecule has 37 heavy (non-hydrogen) atoms. The summed E-state index contributed by atoms with van der Waals surface area (Å²) in [5.41, 5.74) is 0.789. The van der Waals surface area contributed by atoms with Gasteiger partial charge >= 0.3 is 12.1 Å². The van der Waals surface area contributed by atoms with Gasteiger partial charge in [-0.15, -0.1) is 0 Å². The first-order chi connectivity index (χ1) is 17.3. The fourth-order valence-electron chi connectivity index (χ4n) is 3.44. The molecule has 3 aromatic rings. The minimum absolute atomic E-state index is 0.105. The number of hydrogen-bond acceptors (Lipinski definition) is 6. The van der Waals surface area contributed by atoms with Crippen LogP contribution in [0.1, 0.15) is 26.3 Å². The Morgan fingerprint density at radius 2 is 1.81 bits per heavy atom. The number of rotatable bonds is 11. The lowest BCUT2D eigenvalue weighted by molar-refractivity contribution is -0.139. The van der Waals surface area contributed by atoms with Crippen molar-refractivity contribution >= 4 is 33.1 Å². The van der Waals surface area contributed by atoms with Crippen LogP contribution in [0.4, 0.5) is 4.79 Å². The van der Waals surface area contributed by atoms with E-state index in [9.17, 15) is 14.7 Å². The number of carbonyl (C=O) groups is 2. The van der Waals surface area contributed by atoms with Crippen molar-refractivity contribution in [1.82, 2.24) is 14.9 Å². The van der Waals surface area contributed by atoms with Crippen LogP contribution in [0.3, 0.4) is 0 Å². The van der Waals surface area contributed by atoms with Crippen molar-refractivity contribution in [3.63, 3.8) is 0 Å². The van der Waals surface area contributed by atoms with Gasteiger partial charge < -0.3 is 29.2 Å². The molecule has 0 radical (unpaired) electrons. The molecule has 0 aliphatic rings. The zero-order valence-electron chi connectivity index (χ0n) is 22.3. The van der Waals surface area contributed by atoms with E-state index >= 15 is 0 Å². The molecule has 0 aliphatic heterocycles. The van der Waals surface area contributed by atoms with Crippen LogP contribution < -0.4 is 10.1 Å². The number of alkyl carbamates (subject to hydrolysis) is 1. The Kier molecular flexibility index (Phi) is 9.09. The minimum atomic E-state index is -1.14. The second kappa shape index (κ2) is 11.9. The number of ether oxygens (including phenoxy) is 3. The molecular formula is C27H37N3O6S. The number of fused-ring (bicyclic) bond motifs is 1. The van der Waals surface area contributed by atoms with Crippen LogP contribution >= 0.6 is 10.0 Å². The van der Waals surface area contributed by atoms with Gasteiger partial charge in [0.25, 0.3) is 0 Å². The van der Waals surface area contributed by atoms with Gasteiger partial charge in [-0.05, 0) is 69.4 Å². The highest BCUT2D eigenvalue weighted by molar-refractivity contribution is 8.32. The molecule has 0 saturated heterocycles. The summed E-state index contributed by atoms with van der Waals surface area (Å²) in [4.78, 5) is 28.2. The summed E-state index contributed by atoms with van der Waals surface area (Å²) >= 11 is 0. The maximum atomic E-state index is 12.0. The van der Waals surface area contributed by atoms with E-state index in [1.165, 1.54) is 0 Å². The van der Waals surface area contributed by atoms with Crippen molar-refractivity contribution in [2.45, 2.75) is 45.6 Å². The van der Waals surface area contributed by atoms with Crippen molar-refractivity contribution in [3.05, 3.63) is 54.4 Å². The van der Waals surface area contributed by atoms with E-state index in [0.29, 0.717) is 24.8 Å². The average molecular weight is 532 g/mol. The molecular weight excluding hydrogens is 494 g/mol. The number of hydrogen-bond donors (Lipinski definition) is 2. The normalized spacial score (nSPS) is 13.2. The summed E-state index contributed by atoms with van der Waals surface area (Å²) < 4.78 is 19.1. The molecule has 0 aliphatic carbocycles. The number of aliphatic carboxylic acids is 1. The number of amides is 1. The highest BCUT2D eigenvalue weighted by Gasteiger charge is 2.24. The smallest absolute Gasteiger partial charge is 0.408 e. The lowest BCUT2D eigenvalue weighted by Gasteiger charge is -2.24. The van der Waals surface area contributed by atoms with E-state index < -0.39 is 33.7 Å². The summed E-state index contributed by atoms with van der Waals surface area (Å²) in [6.45, 7) is 6.28. The molecule has 0 unspecified atom stereocenters. The van der Waals surface area contributed by atoms with Gasteiger partial charge in [0.1, 0.15) is 35.5 Å². The van der Waals surface area contributed by atoms with Crippen LogP contribution in [0, 0.1) is 0 Å². The van der Waals surface area contributed by atoms with Gasteiger partial charge in [0.2, 0.25) is 0 Å². The first-order valence-corrected chi connectivity index (χ1v) is 15.0. The molecule has 202 valence electrons. The molecule has 9 nitrogen and oxygen atoms in total. The third-order valence-electron chi connectivity index (χ3n) is 5.27. The molecule has 3 rings (SSSR count). The summed E-state index contributed by atoms with van der Waals surface area (Å²) in [6.07, 6.45) is 9.77. The third kappa shape index (κ3) is 8.98. The number of carbonyl (C=O) groups excluding carboxylic acids is 1. The number of carboxylic acid groups (broad SMARTS) is 1. The van der Waals surface area contributed by atoms with Crippen molar-refractivity contribution in [1.29, 1.82) is 0 Å². The standard InChI is InChI=1S/C27H37N3O6S/c1-27(2,3)36-26(33)29-22(25(31)32)17-19-7-9-20(10-8-19)35-23-11-13-28-24-21(23)12-14-30(24)18-34-15-16-37(4,5)6/h7-14,22H,15-18H2,1-6H3,(H,29,33)(H,31,32)/t22-/m0/s1. The average Bonchev–Trinajstić information content (AvgIpc) is 3.19. The van der Waals surface area contributed by atoms with Crippen molar-refractivity contribution < 1.29 is 28.9 Å². The van der Waals surface area contributed by atoms with Gasteiger partial charge in [-0.3, -0.25) is 0 Å². The topological polar surface area (TPSA) is 112 Å². The van der Waals surface area contributed by atoms with E-state index in [4.69, 9.17) is 14.2 Å². The van der Waals surface area contributed by atoms with Crippen LogP contribution in [0.25, 0.3) is 11.0 Å². The number of nitrogens with zero attached hydrogens (tertiary/aromatic N) is 2. The molecule has 0 saturated carbocycles.